The molecule has 0 aliphatic carbocycles. The zero-order valence-corrected chi connectivity index (χ0v) is 12.6. The fraction of sp³-hybridized carbons (Fsp3) is 0.400. The quantitative estimate of drug-likeness (QED) is 0.800. The molecule has 1 aliphatic heterocycles. The van der Waals surface area contributed by atoms with Crippen LogP contribution >= 0.6 is 0 Å². The van der Waals surface area contributed by atoms with E-state index in [1.807, 2.05) is 13.8 Å². The average Bonchev–Trinajstić information content (AvgIpc) is 2.63. The highest BCUT2D eigenvalue weighted by atomic mass is 16.5. The van der Waals surface area contributed by atoms with Crippen molar-refractivity contribution < 1.29 is 24.2 Å². The van der Waals surface area contributed by atoms with E-state index in [4.69, 9.17) is 9.84 Å². The molecule has 1 atom stereocenters. The molecule has 0 saturated carbocycles. The van der Waals surface area contributed by atoms with E-state index in [9.17, 15) is 14.4 Å². The molecule has 1 heterocycles. The number of carboxylic acid groups (broad SMARTS) is 1. The molecule has 7 heteroatoms. The fourth-order valence-corrected chi connectivity index (χ4v) is 2.31. The van der Waals surface area contributed by atoms with Crippen molar-refractivity contribution in [1.29, 1.82) is 0 Å². The van der Waals surface area contributed by atoms with Crippen LogP contribution in [-0.4, -0.2) is 40.6 Å². The van der Waals surface area contributed by atoms with Gasteiger partial charge < -0.3 is 15.2 Å². The number of amides is 3. The van der Waals surface area contributed by atoms with Crippen molar-refractivity contribution in [3.63, 3.8) is 0 Å². The number of nitrogens with zero attached hydrogens (tertiary/aromatic N) is 1. The van der Waals surface area contributed by atoms with Gasteiger partial charge in [0.05, 0.1) is 6.10 Å². The zero-order valence-electron chi connectivity index (χ0n) is 12.6. The van der Waals surface area contributed by atoms with Crippen LogP contribution < -0.4 is 10.1 Å². The van der Waals surface area contributed by atoms with E-state index in [0.717, 1.165) is 0 Å². The van der Waals surface area contributed by atoms with Crippen LogP contribution in [0, 0.1) is 0 Å². The summed E-state index contributed by atoms with van der Waals surface area (Å²) in [6.07, 6.45) is 0.0281. The molecule has 22 heavy (non-hydrogen) atoms. The Hall–Kier alpha value is -2.57. The van der Waals surface area contributed by atoms with Gasteiger partial charge in [-0.25, -0.2) is 4.79 Å². The van der Waals surface area contributed by atoms with Crippen LogP contribution in [0.1, 0.15) is 26.3 Å². The SMILES string of the molecule is CC(C)Oc1ccc([C@]2(C)NC(=O)N(CC(=O)O)C2=O)cc1. The van der Waals surface area contributed by atoms with Gasteiger partial charge >= 0.3 is 12.0 Å². The van der Waals surface area contributed by atoms with E-state index < -0.39 is 30.0 Å². The first-order valence-electron chi connectivity index (χ1n) is 6.87. The van der Waals surface area contributed by atoms with Crippen LogP contribution in [0.3, 0.4) is 0 Å². The Morgan fingerprint density at radius 2 is 1.91 bits per heavy atom. The Balaban J connectivity index is 2.25. The second-order valence-corrected chi connectivity index (χ2v) is 5.53. The smallest absolute Gasteiger partial charge is 0.325 e. The molecule has 1 aromatic carbocycles. The van der Waals surface area contributed by atoms with E-state index in [0.29, 0.717) is 16.2 Å². The summed E-state index contributed by atoms with van der Waals surface area (Å²) >= 11 is 0. The number of aliphatic carboxylic acids is 1. The highest BCUT2D eigenvalue weighted by Gasteiger charge is 2.49. The lowest BCUT2D eigenvalue weighted by Crippen LogP contribution is -2.41. The topological polar surface area (TPSA) is 95.9 Å². The Bertz CT molecular complexity index is 611. The minimum Gasteiger partial charge on any atom is -0.491 e. The van der Waals surface area contributed by atoms with E-state index in [-0.39, 0.29) is 6.10 Å². The minimum absolute atomic E-state index is 0.0281. The monoisotopic (exact) mass is 306 g/mol. The first-order valence-corrected chi connectivity index (χ1v) is 6.87. The number of nitrogens with one attached hydrogen (secondary N) is 1. The molecule has 2 rings (SSSR count). The highest BCUT2D eigenvalue weighted by molar-refractivity contribution is 6.08. The van der Waals surface area contributed by atoms with Crippen molar-refractivity contribution in [2.75, 3.05) is 6.54 Å². The molecule has 0 spiro atoms. The molecule has 0 radical (unpaired) electrons. The van der Waals surface area contributed by atoms with Crippen LogP contribution in [-0.2, 0) is 15.1 Å². The van der Waals surface area contributed by atoms with Crippen molar-refractivity contribution in [1.82, 2.24) is 10.2 Å². The van der Waals surface area contributed by atoms with Crippen molar-refractivity contribution in [3.05, 3.63) is 29.8 Å². The summed E-state index contributed by atoms with van der Waals surface area (Å²) in [5.74, 6) is -1.17. The van der Waals surface area contributed by atoms with Crippen molar-refractivity contribution >= 4 is 17.9 Å². The Labute approximate surface area is 127 Å². The lowest BCUT2D eigenvalue weighted by Gasteiger charge is -2.22. The second kappa shape index (κ2) is 5.67. The van der Waals surface area contributed by atoms with Gasteiger partial charge in [0, 0.05) is 0 Å². The summed E-state index contributed by atoms with van der Waals surface area (Å²) in [4.78, 5) is 35.7. The van der Waals surface area contributed by atoms with E-state index in [1.54, 1.807) is 31.2 Å². The van der Waals surface area contributed by atoms with E-state index in [1.165, 1.54) is 0 Å². The molecule has 1 aromatic rings. The van der Waals surface area contributed by atoms with E-state index >= 15 is 0 Å². The molecule has 0 aromatic heterocycles. The van der Waals surface area contributed by atoms with Crippen LogP contribution in [0.2, 0.25) is 0 Å². The summed E-state index contributed by atoms with van der Waals surface area (Å²) in [5, 5.41) is 11.3. The molecular formula is C15H18N2O5. The predicted molar refractivity (Wildman–Crippen MR) is 77.4 cm³/mol. The Morgan fingerprint density at radius 1 is 1.32 bits per heavy atom. The number of carboxylic acids is 1. The van der Waals surface area contributed by atoms with Gasteiger partial charge in [0.25, 0.3) is 5.91 Å². The van der Waals surface area contributed by atoms with Gasteiger partial charge in [0.2, 0.25) is 0 Å². The molecule has 2 N–H and O–H groups in total. The summed E-state index contributed by atoms with van der Waals surface area (Å²) < 4.78 is 5.53. The summed E-state index contributed by atoms with van der Waals surface area (Å²) in [6, 6.07) is 6.07. The Morgan fingerprint density at radius 3 is 2.41 bits per heavy atom. The van der Waals surface area contributed by atoms with Crippen LogP contribution in [0.25, 0.3) is 0 Å². The minimum atomic E-state index is -1.27. The van der Waals surface area contributed by atoms with Gasteiger partial charge in [-0.15, -0.1) is 0 Å². The van der Waals surface area contributed by atoms with Gasteiger partial charge in [-0.3, -0.25) is 14.5 Å². The first-order chi connectivity index (χ1) is 10.2. The van der Waals surface area contributed by atoms with Crippen molar-refractivity contribution in [2.24, 2.45) is 0 Å². The number of carbonyl (C=O) groups excluding carboxylic acids is 2. The number of hydrogen-bond acceptors (Lipinski definition) is 4. The highest BCUT2D eigenvalue weighted by Crippen LogP contribution is 2.30. The lowest BCUT2D eigenvalue weighted by molar-refractivity contribution is -0.142. The van der Waals surface area contributed by atoms with Gasteiger partial charge in [-0.1, -0.05) is 12.1 Å². The van der Waals surface area contributed by atoms with Gasteiger partial charge in [-0.05, 0) is 38.5 Å². The molecule has 118 valence electrons. The number of imide groups is 1. The van der Waals surface area contributed by atoms with Crippen LogP contribution in [0.4, 0.5) is 4.79 Å². The fourth-order valence-electron chi connectivity index (χ4n) is 2.31. The molecule has 0 bridgehead atoms. The van der Waals surface area contributed by atoms with Crippen molar-refractivity contribution in [3.8, 4) is 5.75 Å². The molecule has 1 saturated heterocycles. The average molecular weight is 306 g/mol. The van der Waals surface area contributed by atoms with Crippen molar-refractivity contribution in [2.45, 2.75) is 32.4 Å². The number of hydrogen-bond donors (Lipinski definition) is 2. The number of ether oxygens (including phenoxy) is 1. The molecule has 0 unspecified atom stereocenters. The maximum atomic E-state index is 12.4. The lowest BCUT2D eigenvalue weighted by atomic mass is 9.92. The third kappa shape index (κ3) is 2.88. The molecule has 1 aliphatic rings. The first kappa shape index (κ1) is 15.8. The molecule has 1 fully saturated rings. The Kier molecular flexibility index (Phi) is 4.07. The molecule has 3 amide bonds. The molecular weight excluding hydrogens is 288 g/mol. The number of carbonyl (C=O) groups is 3. The summed E-state index contributed by atoms with van der Waals surface area (Å²) in [6.45, 7) is 4.70. The summed E-state index contributed by atoms with van der Waals surface area (Å²) in [7, 11) is 0. The molecule has 7 nitrogen and oxygen atoms in total. The zero-order chi connectivity index (χ0) is 16.5. The maximum Gasteiger partial charge on any atom is 0.325 e. The standard InChI is InChI=1S/C15H18N2O5/c1-9(2)22-11-6-4-10(5-7-11)15(3)13(20)17(8-12(18)19)14(21)16-15/h4-7,9H,8H2,1-3H3,(H,16,21)(H,18,19)/t15-/m0/s1. The normalized spacial score (nSPS) is 21.2. The van der Waals surface area contributed by atoms with Gasteiger partial charge in [0.1, 0.15) is 17.8 Å². The second-order valence-electron chi connectivity index (χ2n) is 5.53. The largest absolute Gasteiger partial charge is 0.491 e. The van der Waals surface area contributed by atoms with Crippen LogP contribution in [0.5, 0.6) is 5.75 Å². The summed E-state index contributed by atoms with van der Waals surface area (Å²) in [5.41, 5.74) is -0.710. The maximum absolute atomic E-state index is 12.4. The number of rotatable bonds is 5. The van der Waals surface area contributed by atoms with E-state index in [2.05, 4.69) is 5.32 Å². The number of urea groups is 1. The number of benzene rings is 1. The predicted octanol–water partition coefficient (Wildman–Crippen LogP) is 1.33. The third-order valence-electron chi connectivity index (χ3n) is 3.37. The third-order valence-corrected chi connectivity index (χ3v) is 3.37. The van der Waals surface area contributed by atoms with Gasteiger partial charge in [-0.2, -0.15) is 0 Å². The van der Waals surface area contributed by atoms with Gasteiger partial charge in [0.15, 0.2) is 0 Å². The van der Waals surface area contributed by atoms with Crippen LogP contribution in [0.15, 0.2) is 24.3 Å².